The van der Waals surface area contributed by atoms with E-state index in [1.54, 1.807) is 0 Å². The molecule has 7 rings (SSSR count). The molecule has 6 aromatic rings. The zero-order valence-corrected chi connectivity index (χ0v) is 20.5. The normalized spacial score (nSPS) is 13.5. The van der Waals surface area contributed by atoms with Crippen LogP contribution < -0.4 is 5.32 Å². The molecule has 0 saturated heterocycles. The largest absolute Gasteiger partial charge is 0.356 e. The number of rotatable bonds is 3. The summed E-state index contributed by atoms with van der Waals surface area (Å²) in [6, 6.07) is 43.8. The summed E-state index contributed by atoms with van der Waals surface area (Å²) in [6.07, 6.45) is 0. The van der Waals surface area contributed by atoms with Crippen LogP contribution in [0.5, 0.6) is 0 Å². The third kappa shape index (κ3) is 3.09. The lowest BCUT2D eigenvalue weighted by molar-refractivity contribution is 0.667. The molecule has 6 aromatic carbocycles. The predicted molar refractivity (Wildman–Crippen MR) is 154 cm³/mol. The Morgan fingerprint density at radius 2 is 1.06 bits per heavy atom. The minimum absolute atomic E-state index is 0.0941. The first-order valence-electron chi connectivity index (χ1n) is 12.6. The van der Waals surface area contributed by atoms with Gasteiger partial charge in [-0.15, -0.1) is 0 Å². The first-order valence-corrected chi connectivity index (χ1v) is 12.6. The summed E-state index contributed by atoms with van der Waals surface area (Å²) in [5.41, 5.74) is 10.1. The van der Waals surface area contributed by atoms with Gasteiger partial charge in [0.15, 0.2) is 0 Å². The summed E-state index contributed by atoms with van der Waals surface area (Å²) < 4.78 is 0. The summed E-state index contributed by atoms with van der Waals surface area (Å²) in [5.74, 6) is 0. The molecule has 0 amide bonds. The molecule has 0 atom stereocenters. The molecule has 36 heavy (non-hydrogen) atoms. The van der Waals surface area contributed by atoms with Crippen LogP contribution in [0.25, 0.3) is 43.8 Å². The number of fused-ring (bicyclic) bond motifs is 8. The Bertz CT molecular complexity index is 1760. The molecule has 0 heterocycles. The van der Waals surface area contributed by atoms with Crippen molar-refractivity contribution in [3.63, 3.8) is 0 Å². The molecule has 0 fully saturated rings. The minimum Gasteiger partial charge on any atom is -0.356 e. The van der Waals surface area contributed by atoms with Crippen LogP contribution in [0.2, 0.25) is 0 Å². The number of nitrogens with one attached hydrogen (secondary N) is 1. The van der Waals surface area contributed by atoms with Crippen molar-refractivity contribution in [2.45, 2.75) is 19.3 Å². The van der Waals surface area contributed by atoms with Crippen LogP contribution in [0.3, 0.4) is 0 Å². The second kappa shape index (κ2) is 7.83. The van der Waals surface area contributed by atoms with Crippen LogP contribution in [-0.4, -0.2) is 0 Å². The average molecular weight is 462 g/mol. The van der Waals surface area contributed by atoms with Gasteiger partial charge >= 0.3 is 0 Å². The third-order valence-electron chi connectivity index (χ3n) is 7.80. The summed E-state index contributed by atoms with van der Waals surface area (Å²) in [6.45, 7) is 4.74. The highest BCUT2D eigenvalue weighted by Crippen LogP contribution is 2.55. The van der Waals surface area contributed by atoms with Gasteiger partial charge in [-0.05, 0) is 79.2 Å². The number of hydrogen-bond acceptors (Lipinski definition) is 1. The second-order valence-corrected chi connectivity index (χ2v) is 10.3. The van der Waals surface area contributed by atoms with Gasteiger partial charge < -0.3 is 5.32 Å². The Balaban J connectivity index is 1.33. The first-order chi connectivity index (χ1) is 17.6. The van der Waals surface area contributed by atoms with Crippen LogP contribution in [0, 0.1) is 0 Å². The van der Waals surface area contributed by atoms with Crippen molar-refractivity contribution in [1.29, 1.82) is 0 Å². The number of benzene rings is 6. The van der Waals surface area contributed by atoms with Gasteiger partial charge in [0.2, 0.25) is 0 Å². The average Bonchev–Trinajstić information content (AvgIpc) is 3.17. The fourth-order valence-corrected chi connectivity index (χ4v) is 6.11. The van der Waals surface area contributed by atoms with Crippen molar-refractivity contribution in [3.8, 4) is 22.3 Å². The maximum absolute atomic E-state index is 3.65. The summed E-state index contributed by atoms with van der Waals surface area (Å²) >= 11 is 0. The molecule has 0 aliphatic heterocycles. The Labute approximate surface area is 212 Å². The highest BCUT2D eigenvalue weighted by atomic mass is 14.9. The number of hydrogen-bond donors (Lipinski definition) is 1. The molecule has 0 aromatic heterocycles. The third-order valence-corrected chi connectivity index (χ3v) is 7.80. The molecule has 0 bridgehead atoms. The van der Waals surface area contributed by atoms with Crippen molar-refractivity contribution < 1.29 is 0 Å². The van der Waals surface area contributed by atoms with Gasteiger partial charge in [-0.3, -0.25) is 0 Å². The lowest BCUT2D eigenvalue weighted by Crippen LogP contribution is -2.15. The molecule has 1 N–H and O–H groups in total. The molecule has 0 radical (unpaired) electrons. The van der Waals surface area contributed by atoms with Crippen molar-refractivity contribution in [1.82, 2.24) is 0 Å². The van der Waals surface area contributed by atoms with E-state index in [0.717, 1.165) is 11.4 Å². The van der Waals surface area contributed by atoms with Crippen LogP contribution in [0.4, 0.5) is 11.4 Å². The minimum atomic E-state index is -0.0941. The van der Waals surface area contributed by atoms with E-state index in [2.05, 4.69) is 140 Å². The van der Waals surface area contributed by atoms with Crippen LogP contribution in [0.15, 0.2) is 121 Å². The van der Waals surface area contributed by atoms with E-state index in [0.29, 0.717) is 0 Å². The molecule has 1 aliphatic carbocycles. The Morgan fingerprint density at radius 3 is 1.78 bits per heavy atom. The zero-order valence-electron chi connectivity index (χ0n) is 20.5. The van der Waals surface area contributed by atoms with Gasteiger partial charge in [0.25, 0.3) is 0 Å². The molecule has 0 saturated carbocycles. The van der Waals surface area contributed by atoms with E-state index in [1.807, 2.05) is 0 Å². The van der Waals surface area contributed by atoms with Crippen LogP contribution in [0.1, 0.15) is 25.0 Å². The highest BCUT2D eigenvalue weighted by molar-refractivity contribution is 6.18. The first kappa shape index (κ1) is 21.0. The van der Waals surface area contributed by atoms with Gasteiger partial charge in [0.1, 0.15) is 0 Å². The van der Waals surface area contributed by atoms with Gasteiger partial charge in [-0.2, -0.15) is 0 Å². The van der Waals surface area contributed by atoms with E-state index in [4.69, 9.17) is 0 Å². The molecular formula is C35H27N. The van der Waals surface area contributed by atoms with E-state index in [1.165, 1.54) is 54.9 Å². The van der Waals surface area contributed by atoms with Crippen molar-refractivity contribution >= 4 is 32.9 Å². The fourth-order valence-electron chi connectivity index (χ4n) is 6.11. The molecule has 0 spiro atoms. The summed E-state index contributed by atoms with van der Waals surface area (Å²) in [5, 5.41) is 9.02. The van der Waals surface area contributed by atoms with Crippen LogP contribution in [-0.2, 0) is 5.41 Å². The standard InChI is InChI=1S/C35H27N/c1-35(2)32-22-26(36-25-18-16-24(17-19-25)23-10-4-3-5-11-23)20-21-31(32)33-29-14-8-6-12-27(29)28-13-7-9-15-30(28)34(33)35/h3-22,36H,1-2H3. The number of anilines is 2. The maximum Gasteiger partial charge on any atom is 0.0387 e. The molecule has 1 aliphatic rings. The monoisotopic (exact) mass is 461 g/mol. The maximum atomic E-state index is 3.65. The molecule has 1 nitrogen and oxygen atoms in total. The molecule has 1 heteroatoms. The predicted octanol–water partition coefficient (Wildman–Crippen LogP) is 9.71. The summed E-state index contributed by atoms with van der Waals surface area (Å²) in [7, 11) is 0. The van der Waals surface area contributed by atoms with E-state index in [9.17, 15) is 0 Å². The fraction of sp³-hybridized carbons (Fsp3) is 0.0857. The van der Waals surface area contributed by atoms with Crippen molar-refractivity contribution in [2.75, 3.05) is 5.32 Å². The highest BCUT2D eigenvalue weighted by Gasteiger charge is 2.38. The van der Waals surface area contributed by atoms with Crippen LogP contribution >= 0.6 is 0 Å². The quantitative estimate of drug-likeness (QED) is 0.259. The molecule has 172 valence electrons. The topological polar surface area (TPSA) is 12.0 Å². The van der Waals surface area contributed by atoms with E-state index < -0.39 is 0 Å². The smallest absolute Gasteiger partial charge is 0.0387 e. The van der Waals surface area contributed by atoms with E-state index in [-0.39, 0.29) is 5.41 Å². The van der Waals surface area contributed by atoms with Gasteiger partial charge in [0.05, 0.1) is 0 Å². The second-order valence-electron chi connectivity index (χ2n) is 10.3. The van der Waals surface area contributed by atoms with Crippen molar-refractivity contribution in [2.24, 2.45) is 0 Å². The summed E-state index contributed by atoms with van der Waals surface area (Å²) in [4.78, 5) is 0. The molecule has 0 unspecified atom stereocenters. The van der Waals surface area contributed by atoms with Gasteiger partial charge in [0, 0.05) is 16.8 Å². The Morgan fingerprint density at radius 1 is 0.500 bits per heavy atom. The lowest BCUT2D eigenvalue weighted by atomic mass is 9.79. The van der Waals surface area contributed by atoms with Gasteiger partial charge in [-0.1, -0.05) is 111 Å². The van der Waals surface area contributed by atoms with E-state index >= 15 is 0 Å². The molecular weight excluding hydrogens is 434 g/mol. The zero-order chi connectivity index (χ0) is 24.3. The Kier molecular flexibility index (Phi) is 4.56. The van der Waals surface area contributed by atoms with Gasteiger partial charge in [-0.25, -0.2) is 0 Å². The van der Waals surface area contributed by atoms with Crippen molar-refractivity contribution in [3.05, 3.63) is 132 Å². The SMILES string of the molecule is CC1(C)c2cc(Nc3ccc(-c4ccccc4)cc3)ccc2-c2c1c1ccccc1c1ccccc21. The lowest BCUT2D eigenvalue weighted by Gasteiger charge is -2.24. The Hall–Kier alpha value is -4.36.